The number of thiophene rings is 1. The van der Waals surface area contributed by atoms with Gasteiger partial charge in [-0.1, -0.05) is 65.0 Å². The number of hydrogen-bond donors (Lipinski definition) is 0. The molecular weight excluding hydrogens is 408 g/mol. The summed E-state index contributed by atoms with van der Waals surface area (Å²) in [6, 6.07) is 18.9. The van der Waals surface area contributed by atoms with Gasteiger partial charge in [0, 0.05) is 31.6 Å². The zero-order chi connectivity index (χ0) is 19.8. The van der Waals surface area contributed by atoms with Crippen LogP contribution in [0.1, 0.15) is 16.0 Å². The van der Waals surface area contributed by atoms with Gasteiger partial charge in [0.1, 0.15) is 10.0 Å². The Labute approximate surface area is 178 Å². The molecule has 0 aliphatic carbocycles. The Morgan fingerprint density at radius 1 is 1.04 bits per heavy atom. The van der Waals surface area contributed by atoms with Crippen LogP contribution in [0.3, 0.4) is 0 Å². The molecule has 0 spiro atoms. The average molecular weight is 429 g/mol. The second-order valence-electron chi connectivity index (χ2n) is 6.73. The highest BCUT2D eigenvalue weighted by Gasteiger charge is 2.29. The zero-order valence-electron chi connectivity index (χ0n) is 16.2. The number of anilines is 1. The Bertz CT molecular complexity index is 1100. The van der Waals surface area contributed by atoms with Crippen LogP contribution in [0.5, 0.6) is 0 Å². The van der Waals surface area contributed by atoms with E-state index in [0.29, 0.717) is 0 Å². The van der Waals surface area contributed by atoms with Crippen LogP contribution in [0, 0.1) is 6.92 Å². The Hall–Kier alpha value is -1.89. The van der Waals surface area contributed by atoms with E-state index in [0.717, 1.165) is 36.8 Å². The van der Waals surface area contributed by atoms with Crippen molar-refractivity contribution in [1.82, 2.24) is 5.01 Å². The summed E-state index contributed by atoms with van der Waals surface area (Å²) in [5.41, 5.74) is 4.45. The number of rotatable bonds is 3. The molecule has 4 rings (SSSR count). The molecule has 2 aromatic carbocycles. The summed E-state index contributed by atoms with van der Waals surface area (Å²) in [6.45, 7) is 2.05. The number of hydrogen-bond acceptors (Lipinski definition) is 4. The first-order valence-corrected chi connectivity index (χ1v) is 10.9. The molecule has 0 saturated carbocycles. The van der Waals surface area contributed by atoms with Gasteiger partial charge in [-0.05, 0) is 30.2 Å². The van der Waals surface area contributed by atoms with Gasteiger partial charge in [-0.25, -0.2) is 5.01 Å². The summed E-state index contributed by atoms with van der Waals surface area (Å²) in [5.74, 6) is 0. The minimum absolute atomic E-state index is 0.742. The summed E-state index contributed by atoms with van der Waals surface area (Å²) in [5, 5.41) is 5.94. The first-order chi connectivity index (χ1) is 13.5. The molecule has 0 amide bonds. The predicted molar refractivity (Wildman–Crippen MR) is 125 cm³/mol. The van der Waals surface area contributed by atoms with Crippen LogP contribution < -0.4 is 5.01 Å². The maximum Gasteiger partial charge on any atom is 0.150 e. The Morgan fingerprint density at radius 3 is 2.43 bits per heavy atom. The molecule has 6 heteroatoms. The highest BCUT2D eigenvalue weighted by Crippen LogP contribution is 2.41. The number of benzene rings is 2. The lowest BCUT2D eigenvalue weighted by Gasteiger charge is -2.34. The Balaban J connectivity index is 1.92. The van der Waals surface area contributed by atoms with Crippen LogP contribution in [0.2, 0.25) is 5.02 Å². The highest BCUT2D eigenvalue weighted by atomic mass is 35.5. The predicted octanol–water partition coefficient (Wildman–Crippen LogP) is 5.71. The van der Waals surface area contributed by atoms with Crippen LogP contribution in [0.25, 0.3) is 10.4 Å². The van der Waals surface area contributed by atoms with Gasteiger partial charge in [-0.15, -0.1) is 11.3 Å². The zero-order valence-corrected chi connectivity index (χ0v) is 18.6. The SMILES string of the molecule is COC1=S=C(c2ccc(C)cc2Cl)N(N(C)C)c2cc(-c3ccccc3)sc21. The maximum absolute atomic E-state index is 6.63. The van der Waals surface area contributed by atoms with Gasteiger partial charge < -0.3 is 4.74 Å². The lowest BCUT2D eigenvalue weighted by atomic mass is 10.1. The van der Waals surface area contributed by atoms with Crippen LogP contribution in [-0.2, 0) is 4.74 Å². The van der Waals surface area contributed by atoms with E-state index < -0.39 is 0 Å². The third kappa shape index (κ3) is 3.45. The van der Waals surface area contributed by atoms with Crippen molar-refractivity contribution < 1.29 is 4.74 Å². The van der Waals surface area contributed by atoms with Crippen molar-refractivity contribution in [2.24, 2.45) is 0 Å². The van der Waals surface area contributed by atoms with Gasteiger partial charge in [0.15, 0.2) is 0 Å². The van der Waals surface area contributed by atoms with E-state index in [1.165, 1.54) is 10.4 Å². The van der Waals surface area contributed by atoms with E-state index in [2.05, 4.69) is 52.5 Å². The van der Waals surface area contributed by atoms with Crippen molar-refractivity contribution in [2.45, 2.75) is 6.92 Å². The van der Waals surface area contributed by atoms with E-state index in [4.69, 9.17) is 16.3 Å². The normalized spacial score (nSPS) is 13.7. The molecule has 3 aromatic rings. The molecular formula is C22H21ClN2OS2. The number of halogens is 1. The second-order valence-corrected chi connectivity index (χ2v) is 9.15. The topological polar surface area (TPSA) is 15.7 Å². The quantitative estimate of drug-likeness (QED) is 0.497. The monoisotopic (exact) mass is 428 g/mol. The van der Waals surface area contributed by atoms with E-state index in [1.807, 2.05) is 33.2 Å². The van der Waals surface area contributed by atoms with Gasteiger partial charge in [-0.3, -0.25) is 5.01 Å². The molecule has 1 aliphatic rings. The van der Waals surface area contributed by atoms with Crippen molar-refractivity contribution in [3.05, 3.63) is 75.6 Å². The van der Waals surface area contributed by atoms with Gasteiger partial charge in [0.25, 0.3) is 0 Å². The van der Waals surface area contributed by atoms with E-state index in [9.17, 15) is 0 Å². The Morgan fingerprint density at radius 2 is 1.79 bits per heavy atom. The molecule has 28 heavy (non-hydrogen) atoms. The fourth-order valence-electron chi connectivity index (χ4n) is 3.21. The Kier molecular flexibility index (Phi) is 5.45. The van der Waals surface area contributed by atoms with Crippen molar-refractivity contribution in [2.75, 3.05) is 26.2 Å². The molecule has 0 radical (unpaired) electrons. The molecule has 0 N–H and O–H groups in total. The van der Waals surface area contributed by atoms with E-state index in [1.54, 1.807) is 29.4 Å². The first kappa shape index (κ1) is 19.4. The third-order valence-corrected chi connectivity index (χ3v) is 7.26. The number of fused-ring (bicyclic) bond motifs is 1. The van der Waals surface area contributed by atoms with Crippen molar-refractivity contribution in [1.29, 1.82) is 0 Å². The lowest BCUT2D eigenvalue weighted by Crippen LogP contribution is -2.43. The van der Waals surface area contributed by atoms with Crippen LogP contribution in [-0.4, -0.2) is 36.3 Å². The minimum atomic E-state index is 0.742. The van der Waals surface area contributed by atoms with Crippen LogP contribution in [0.15, 0.2) is 54.6 Å². The first-order valence-electron chi connectivity index (χ1n) is 8.89. The molecule has 1 aliphatic heterocycles. The second kappa shape index (κ2) is 7.85. The maximum atomic E-state index is 6.63. The van der Waals surface area contributed by atoms with Gasteiger partial charge >= 0.3 is 0 Å². The molecule has 2 heterocycles. The number of nitrogens with zero attached hydrogens (tertiary/aromatic N) is 2. The number of ether oxygens (including phenoxy) is 1. The van der Waals surface area contributed by atoms with Gasteiger partial charge in [0.05, 0.1) is 15.6 Å². The fraction of sp³-hybridized carbons (Fsp3) is 0.182. The smallest absolute Gasteiger partial charge is 0.150 e. The van der Waals surface area contributed by atoms with Gasteiger partial charge in [0.2, 0.25) is 0 Å². The molecule has 0 saturated heterocycles. The number of aryl methyl sites for hydroxylation is 1. The largest absolute Gasteiger partial charge is 0.338 e. The van der Waals surface area contributed by atoms with Crippen molar-refractivity contribution >= 4 is 49.6 Å². The van der Waals surface area contributed by atoms with E-state index >= 15 is 0 Å². The summed E-state index contributed by atoms with van der Waals surface area (Å²) in [4.78, 5) is 3.38. The summed E-state index contributed by atoms with van der Waals surface area (Å²) >= 11 is 8.37. The summed E-state index contributed by atoms with van der Waals surface area (Å²) in [6.07, 6.45) is 0. The number of hydrazine groups is 1. The highest BCUT2D eigenvalue weighted by molar-refractivity contribution is 7.99. The molecule has 3 nitrogen and oxygen atoms in total. The molecule has 0 atom stereocenters. The molecule has 0 unspecified atom stereocenters. The summed E-state index contributed by atoms with van der Waals surface area (Å²) in [7, 11) is 7.43. The average Bonchev–Trinajstić information content (AvgIpc) is 3.12. The van der Waals surface area contributed by atoms with Crippen molar-refractivity contribution in [3.63, 3.8) is 0 Å². The molecule has 0 bridgehead atoms. The van der Waals surface area contributed by atoms with Crippen LogP contribution >= 0.6 is 33.9 Å². The molecule has 144 valence electrons. The van der Waals surface area contributed by atoms with Crippen molar-refractivity contribution in [3.8, 4) is 10.4 Å². The van der Waals surface area contributed by atoms with Gasteiger partial charge in [-0.2, -0.15) is 0 Å². The lowest BCUT2D eigenvalue weighted by molar-refractivity contribution is 0.412. The third-order valence-electron chi connectivity index (χ3n) is 4.51. The minimum Gasteiger partial charge on any atom is -0.338 e. The number of methoxy groups -OCH3 is 1. The summed E-state index contributed by atoms with van der Waals surface area (Å²) < 4.78 is 5.79. The molecule has 0 fully saturated rings. The fourth-order valence-corrected chi connectivity index (χ4v) is 5.99. The van der Waals surface area contributed by atoms with Crippen LogP contribution in [0.4, 0.5) is 5.69 Å². The van der Waals surface area contributed by atoms with E-state index in [-0.39, 0.29) is 0 Å². The standard InChI is InChI=1S/C22H21ClN2OS2/c1-14-10-11-16(17(23)12-14)21-25(24(2)3)18-13-19(15-8-6-5-7-9-15)27-20(18)22(26-4)28-21/h5-13H,1-4H3. The molecule has 1 aromatic heterocycles.